The van der Waals surface area contributed by atoms with Gasteiger partial charge in [0.15, 0.2) is 0 Å². The molecule has 2 aromatic rings. The topological polar surface area (TPSA) is 55.1 Å². The van der Waals surface area contributed by atoms with Gasteiger partial charge in [-0.3, -0.25) is 4.79 Å². The number of carbonyl (C=O) groups excluding carboxylic acids is 1. The summed E-state index contributed by atoms with van der Waals surface area (Å²) in [5.41, 5.74) is 10.6. The van der Waals surface area contributed by atoms with Gasteiger partial charge in [0.05, 0.1) is 0 Å². The lowest BCUT2D eigenvalue weighted by atomic mass is 9.90. The van der Waals surface area contributed by atoms with Gasteiger partial charge < -0.3 is 11.1 Å². The summed E-state index contributed by atoms with van der Waals surface area (Å²) >= 11 is 0. The number of carbonyl (C=O) groups is 1. The van der Waals surface area contributed by atoms with Crippen LogP contribution in [0.1, 0.15) is 45.9 Å². The van der Waals surface area contributed by atoms with Crippen molar-refractivity contribution in [3.05, 3.63) is 70.8 Å². The van der Waals surface area contributed by atoms with Crippen LogP contribution in [0.15, 0.2) is 48.5 Å². The minimum Gasteiger partial charge on any atom is -0.350 e. The predicted molar refractivity (Wildman–Crippen MR) is 88.8 cm³/mol. The molecule has 0 aliphatic heterocycles. The van der Waals surface area contributed by atoms with E-state index in [0.29, 0.717) is 6.54 Å². The fourth-order valence-corrected chi connectivity index (χ4v) is 3.00. The Kier molecular flexibility index (Phi) is 4.54. The van der Waals surface area contributed by atoms with E-state index in [0.717, 1.165) is 24.0 Å². The molecule has 0 radical (unpaired) electrons. The number of rotatable bonds is 4. The molecule has 1 amide bonds. The zero-order valence-corrected chi connectivity index (χ0v) is 12.7. The van der Waals surface area contributed by atoms with E-state index in [9.17, 15) is 4.79 Å². The SMILES string of the molecule is NC(CNC(=O)c1ccc2c(c1)CCCC2)c1ccccc1. The zero-order valence-electron chi connectivity index (χ0n) is 12.7. The van der Waals surface area contributed by atoms with Crippen LogP contribution in [0.3, 0.4) is 0 Å². The smallest absolute Gasteiger partial charge is 0.251 e. The molecule has 0 saturated heterocycles. The molecule has 0 aromatic heterocycles. The van der Waals surface area contributed by atoms with Gasteiger partial charge in [-0.15, -0.1) is 0 Å². The first-order valence-electron chi connectivity index (χ1n) is 7.94. The van der Waals surface area contributed by atoms with E-state index in [2.05, 4.69) is 11.4 Å². The molecular formula is C19H22N2O. The van der Waals surface area contributed by atoms with E-state index in [4.69, 9.17) is 5.73 Å². The number of nitrogens with one attached hydrogen (secondary N) is 1. The van der Waals surface area contributed by atoms with E-state index in [1.807, 2.05) is 42.5 Å². The first kappa shape index (κ1) is 14.8. The third-order valence-corrected chi connectivity index (χ3v) is 4.32. The Hall–Kier alpha value is -2.13. The van der Waals surface area contributed by atoms with E-state index in [-0.39, 0.29) is 11.9 Å². The van der Waals surface area contributed by atoms with E-state index < -0.39 is 0 Å². The normalized spacial score (nSPS) is 15.0. The maximum Gasteiger partial charge on any atom is 0.251 e. The molecule has 0 heterocycles. The second-order valence-electron chi connectivity index (χ2n) is 5.92. The molecule has 0 saturated carbocycles. The van der Waals surface area contributed by atoms with Gasteiger partial charge in [-0.2, -0.15) is 0 Å². The Balaban J connectivity index is 1.62. The number of amides is 1. The molecule has 1 aliphatic rings. The van der Waals surface area contributed by atoms with E-state index in [1.54, 1.807) is 0 Å². The van der Waals surface area contributed by atoms with Crippen LogP contribution >= 0.6 is 0 Å². The molecule has 0 bridgehead atoms. The highest BCUT2D eigenvalue weighted by Crippen LogP contribution is 2.22. The number of aryl methyl sites for hydroxylation is 2. The number of benzene rings is 2. The van der Waals surface area contributed by atoms with Crippen molar-refractivity contribution in [2.24, 2.45) is 5.73 Å². The molecule has 3 rings (SSSR count). The van der Waals surface area contributed by atoms with Gasteiger partial charge in [-0.25, -0.2) is 0 Å². The number of fused-ring (bicyclic) bond motifs is 1. The van der Waals surface area contributed by atoms with Crippen molar-refractivity contribution < 1.29 is 4.79 Å². The summed E-state index contributed by atoms with van der Waals surface area (Å²) in [7, 11) is 0. The van der Waals surface area contributed by atoms with Crippen molar-refractivity contribution in [2.45, 2.75) is 31.7 Å². The third-order valence-electron chi connectivity index (χ3n) is 4.32. The fourth-order valence-electron chi connectivity index (χ4n) is 3.00. The highest BCUT2D eigenvalue weighted by atomic mass is 16.1. The second kappa shape index (κ2) is 6.75. The van der Waals surface area contributed by atoms with Crippen molar-refractivity contribution in [1.82, 2.24) is 5.32 Å². The molecule has 0 fully saturated rings. The quantitative estimate of drug-likeness (QED) is 0.911. The molecule has 114 valence electrons. The molecule has 0 spiro atoms. The average molecular weight is 294 g/mol. The van der Waals surface area contributed by atoms with Gasteiger partial charge in [0.2, 0.25) is 0 Å². The standard InChI is InChI=1S/C19H22N2O/c20-18(15-7-2-1-3-8-15)13-21-19(22)17-11-10-14-6-4-5-9-16(14)12-17/h1-3,7-8,10-12,18H,4-6,9,13,20H2,(H,21,22). The highest BCUT2D eigenvalue weighted by molar-refractivity contribution is 5.94. The van der Waals surface area contributed by atoms with E-state index >= 15 is 0 Å². The number of hydrogen-bond acceptors (Lipinski definition) is 2. The van der Waals surface area contributed by atoms with Gasteiger partial charge in [0.25, 0.3) is 5.91 Å². The third kappa shape index (κ3) is 3.37. The van der Waals surface area contributed by atoms with Gasteiger partial charge in [-0.05, 0) is 54.5 Å². The maximum atomic E-state index is 12.3. The van der Waals surface area contributed by atoms with Gasteiger partial charge >= 0.3 is 0 Å². The number of nitrogens with two attached hydrogens (primary N) is 1. The molecule has 3 nitrogen and oxygen atoms in total. The molecule has 2 aromatic carbocycles. The molecule has 22 heavy (non-hydrogen) atoms. The van der Waals surface area contributed by atoms with Crippen LogP contribution < -0.4 is 11.1 Å². The van der Waals surface area contributed by atoms with Crippen LogP contribution in [0, 0.1) is 0 Å². The van der Waals surface area contributed by atoms with Crippen LogP contribution in [0.4, 0.5) is 0 Å². The lowest BCUT2D eigenvalue weighted by Gasteiger charge is -2.17. The first-order chi connectivity index (χ1) is 10.7. The van der Waals surface area contributed by atoms with Crippen LogP contribution in [-0.4, -0.2) is 12.5 Å². The van der Waals surface area contributed by atoms with Crippen LogP contribution in [0.2, 0.25) is 0 Å². The zero-order chi connectivity index (χ0) is 15.4. The summed E-state index contributed by atoms with van der Waals surface area (Å²) in [4.78, 5) is 12.3. The summed E-state index contributed by atoms with van der Waals surface area (Å²) in [5.74, 6) is -0.0419. The Morgan fingerprint density at radius 3 is 2.55 bits per heavy atom. The summed E-state index contributed by atoms with van der Waals surface area (Å²) < 4.78 is 0. The van der Waals surface area contributed by atoms with Crippen LogP contribution in [0.25, 0.3) is 0 Å². The van der Waals surface area contributed by atoms with Crippen molar-refractivity contribution >= 4 is 5.91 Å². The van der Waals surface area contributed by atoms with Crippen molar-refractivity contribution in [3.8, 4) is 0 Å². The summed E-state index contributed by atoms with van der Waals surface area (Å²) in [6.07, 6.45) is 4.69. The van der Waals surface area contributed by atoms with E-state index in [1.165, 1.54) is 24.0 Å². The van der Waals surface area contributed by atoms with Gasteiger partial charge in [0.1, 0.15) is 0 Å². The molecule has 1 aliphatic carbocycles. The largest absolute Gasteiger partial charge is 0.350 e. The van der Waals surface area contributed by atoms with Gasteiger partial charge in [-0.1, -0.05) is 36.4 Å². The summed E-state index contributed by atoms with van der Waals surface area (Å²) in [6.45, 7) is 0.444. The lowest BCUT2D eigenvalue weighted by molar-refractivity contribution is 0.0951. The Morgan fingerprint density at radius 2 is 1.77 bits per heavy atom. The Morgan fingerprint density at radius 1 is 1.05 bits per heavy atom. The summed E-state index contributed by atoms with van der Waals surface area (Å²) in [5, 5.41) is 2.94. The first-order valence-corrected chi connectivity index (χ1v) is 7.94. The summed E-state index contributed by atoms with van der Waals surface area (Å²) in [6, 6.07) is 15.7. The minimum absolute atomic E-state index is 0.0419. The second-order valence-corrected chi connectivity index (χ2v) is 5.92. The molecule has 3 N–H and O–H groups in total. The molecular weight excluding hydrogens is 272 g/mol. The molecule has 3 heteroatoms. The molecule has 1 unspecified atom stereocenters. The van der Waals surface area contributed by atoms with Crippen molar-refractivity contribution in [3.63, 3.8) is 0 Å². The average Bonchev–Trinajstić information content (AvgIpc) is 2.59. The maximum absolute atomic E-state index is 12.3. The predicted octanol–water partition coefficient (Wildman–Crippen LogP) is 3.00. The fraction of sp³-hybridized carbons (Fsp3) is 0.316. The highest BCUT2D eigenvalue weighted by Gasteiger charge is 2.13. The van der Waals surface area contributed by atoms with Crippen LogP contribution in [0.5, 0.6) is 0 Å². The Bertz CT molecular complexity index is 652. The van der Waals surface area contributed by atoms with Crippen LogP contribution in [-0.2, 0) is 12.8 Å². The monoisotopic (exact) mass is 294 g/mol. The van der Waals surface area contributed by atoms with Crippen molar-refractivity contribution in [2.75, 3.05) is 6.54 Å². The van der Waals surface area contributed by atoms with Crippen molar-refractivity contribution in [1.29, 1.82) is 0 Å². The van der Waals surface area contributed by atoms with Gasteiger partial charge in [0, 0.05) is 18.2 Å². The number of hydrogen-bond donors (Lipinski definition) is 2. The minimum atomic E-state index is -0.178. The lowest BCUT2D eigenvalue weighted by Crippen LogP contribution is -2.32. The Labute approximate surface area is 131 Å². The molecule has 1 atom stereocenters.